The average molecular weight is 246 g/mol. The predicted octanol–water partition coefficient (Wildman–Crippen LogP) is 2.17. The highest BCUT2D eigenvalue weighted by Crippen LogP contribution is 2.17. The molecule has 1 atom stereocenters. The van der Waals surface area contributed by atoms with E-state index in [-0.39, 0.29) is 11.7 Å². The normalized spacial score (nSPS) is 12.3. The number of nitrogens with one attached hydrogen (secondary N) is 2. The molecule has 0 aliphatic carbocycles. The molecule has 1 unspecified atom stereocenters. The lowest BCUT2D eigenvalue weighted by molar-refractivity contribution is -0.384. The molecule has 1 aromatic carbocycles. The number of hydrogen-bond donors (Lipinski definition) is 2. The maximum atomic E-state index is 10.5. The molecule has 1 heterocycles. The molecular formula is C12H14N4O2. The van der Waals surface area contributed by atoms with Gasteiger partial charge in [-0.05, 0) is 12.5 Å². The van der Waals surface area contributed by atoms with Crippen molar-refractivity contribution in [2.45, 2.75) is 19.5 Å². The zero-order valence-electron chi connectivity index (χ0n) is 9.96. The van der Waals surface area contributed by atoms with Crippen molar-refractivity contribution >= 4 is 5.69 Å². The first-order chi connectivity index (χ1) is 8.66. The zero-order chi connectivity index (χ0) is 13.0. The van der Waals surface area contributed by atoms with E-state index < -0.39 is 4.92 Å². The van der Waals surface area contributed by atoms with Crippen molar-refractivity contribution in [3.05, 3.63) is 58.2 Å². The summed E-state index contributed by atoms with van der Waals surface area (Å²) in [6, 6.07) is 6.69. The first-order valence-corrected chi connectivity index (χ1v) is 5.62. The minimum atomic E-state index is -0.396. The molecule has 2 aromatic rings. The summed E-state index contributed by atoms with van der Waals surface area (Å²) in [6.45, 7) is 2.69. The maximum Gasteiger partial charge on any atom is 0.269 e. The summed E-state index contributed by atoms with van der Waals surface area (Å²) in [4.78, 5) is 17.1. The summed E-state index contributed by atoms with van der Waals surface area (Å²) in [5.41, 5.74) is 2.13. The molecule has 0 amide bonds. The predicted molar refractivity (Wildman–Crippen MR) is 66.9 cm³/mol. The van der Waals surface area contributed by atoms with E-state index >= 15 is 0 Å². The van der Waals surface area contributed by atoms with Crippen LogP contribution in [-0.2, 0) is 6.54 Å². The molecule has 6 heteroatoms. The molecule has 0 aliphatic heterocycles. The number of non-ortho nitro benzene ring substituents is 1. The van der Waals surface area contributed by atoms with Crippen molar-refractivity contribution in [1.82, 2.24) is 15.3 Å². The van der Waals surface area contributed by atoms with Crippen LogP contribution >= 0.6 is 0 Å². The van der Waals surface area contributed by atoms with E-state index in [2.05, 4.69) is 15.3 Å². The van der Waals surface area contributed by atoms with Gasteiger partial charge in [-0.15, -0.1) is 0 Å². The Morgan fingerprint density at radius 1 is 1.44 bits per heavy atom. The van der Waals surface area contributed by atoms with Gasteiger partial charge in [0.1, 0.15) is 0 Å². The van der Waals surface area contributed by atoms with Gasteiger partial charge < -0.3 is 10.3 Å². The van der Waals surface area contributed by atoms with Crippen LogP contribution in [0.2, 0.25) is 0 Å². The van der Waals surface area contributed by atoms with E-state index in [4.69, 9.17) is 0 Å². The van der Waals surface area contributed by atoms with Gasteiger partial charge in [0.05, 0.1) is 11.3 Å². The van der Waals surface area contributed by atoms with Crippen molar-refractivity contribution < 1.29 is 4.92 Å². The minimum Gasteiger partial charge on any atom is -0.347 e. The number of aromatic nitrogens is 2. The Labute approximate surface area is 104 Å². The van der Waals surface area contributed by atoms with Gasteiger partial charge >= 0.3 is 0 Å². The highest BCUT2D eigenvalue weighted by Gasteiger charge is 2.08. The molecule has 94 valence electrons. The van der Waals surface area contributed by atoms with Crippen LogP contribution in [0.25, 0.3) is 0 Å². The molecule has 0 fully saturated rings. The van der Waals surface area contributed by atoms with E-state index in [1.165, 1.54) is 12.1 Å². The van der Waals surface area contributed by atoms with Gasteiger partial charge in [0.15, 0.2) is 0 Å². The maximum absolute atomic E-state index is 10.5. The van der Waals surface area contributed by atoms with Crippen molar-refractivity contribution in [1.29, 1.82) is 0 Å². The third kappa shape index (κ3) is 2.92. The first kappa shape index (κ1) is 12.3. The van der Waals surface area contributed by atoms with Crippen LogP contribution in [0.15, 0.2) is 36.8 Å². The second kappa shape index (κ2) is 5.42. The largest absolute Gasteiger partial charge is 0.347 e. The Balaban J connectivity index is 1.96. The van der Waals surface area contributed by atoms with E-state index in [0.717, 1.165) is 11.3 Å². The average Bonchev–Trinajstić information content (AvgIpc) is 2.89. The van der Waals surface area contributed by atoms with Crippen molar-refractivity contribution in [2.75, 3.05) is 0 Å². The van der Waals surface area contributed by atoms with Gasteiger partial charge in [-0.3, -0.25) is 10.1 Å². The number of nitro groups is 1. The monoisotopic (exact) mass is 246 g/mol. The lowest BCUT2D eigenvalue weighted by Gasteiger charge is -2.13. The number of benzene rings is 1. The molecule has 6 nitrogen and oxygen atoms in total. The summed E-state index contributed by atoms with van der Waals surface area (Å²) < 4.78 is 0. The summed E-state index contributed by atoms with van der Waals surface area (Å²) in [5.74, 6) is 0. The highest BCUT2D eigenvalue weighted by molar-refractivity contribution is 5.34. The molecule has 1 aromatic heterocycles. The van der Waals surface area contributed by atoms with Crippen molar-refractivity contribution in [3.8, 4) is 0 Å². The highest BCUT2D eigenvalue weighted by atomic mass is 16.6. The van der Waals surface area contributed by atoms with E-state index in [9.17, 15) is 10.1 Å². The number of aromatic amines is 1. The Hall–Kier alpha value is -2.21. The summed E-state index contributed by atoms with van der Waals surface area (Å²) in [6.07, 6.45) is 3.39. The van der Waals surface area contributed by atoms with Gasteiger partial charge in [0, 0.05) is 36.6 Å². The topological polar surface area (TPSA) is 83.8 Å². The number of rotatable bonds is 5. The van der Waals surface area contributed by atoms with Crippen LogP contribution in [0.4, 0.5) is 5.69 Å². The second-order valence-corrected chi connectivity index (χ2v) is 4.03. The van der Waals surface area contributed by atoms with Gasteiger partial charge in [0.2, 0.25) is 0 Å². The minimum absolute atomic E-state index is 0.111. The van der Waals surface area contributed by atoms with Crippen LogP contribution < -0.4 is 5.32 Å². The molecule has 0 radical (unpaired) electrons. The molecule has 0 spiro atoms. The molecule has 18 heavy (non-hydrogen) atoms. The lowest BCUT2D eigenvalue weighted by atomic mass is 10.1. The molecule has 0 saturated carbocycles. The van der Waals surface area contributed by atoms with Crippen LogP contribution in [0.3, 0.4) is 0 Å². The van der Waals surface area contributed by atoms with Gasteiger partial charge in [-0.2, -0.15) is 0 Å². The lowest BCUT2D eigenvalue weighted by Crippen LogP contribution is -2.18. The standard InChI is InChI=1S/C12H14N4O2/c1-9(14-7-11-6-13-8-15-11)10-2-4-12(5-3-10)16(17)18/h2-6,8-9,14H,7H2,1H3,(H,13,15). The quantitative estimate of drug-likeness (QED) is 0.625. The smallest absolute Gasteiger partial charge is 0.269 e. The van der Waals surface area contributed by atoms with Crippen LogP contribution in [0.5, 0.6) is 0 Å². The summed E-state index contributed by atoms with van der Waals surface area (Å²) in [7, 11) is 0. The van der Waals surface area contributed by atoms with Crippen molar-refractivity contribution in [2.24, 2.45) is 0 Å². The van der Waals surface area contributed by atoms with Gasteiger partial charge in [0.25, 0.3) is 5.69 Å². The van der Waals surface area contributed by atoms with Crippen LogP contribution in [0, 0.1) is 10.1 Å². The number of imidazole rings is 1. The van der Waals surface area contributed by atoms with Crippen LogP contribution in [-0.4, -0.2) is 14.9 Å². The third-order valence-corrected chi connectivity index (χ3v) is 2.76. The third-order valence-electron chi connectivity index (χ3n) is 2.76. The molecular weight excluding hydrogens is 232 g/mol. The first-order valence-electron chi connectivity index (χ1n) is 5.62. The fourth-order valence-corrected chi connectivity index (χ4v) is 1.65. The molecule has 0 saturated heterocycles. The summed E-state index contributed by atoms with van der Waals surface area (Å²) >= 11 is 0. The van der Waals surface area contributed by atoms with E-state index in [1.54, 1.807) is 24.7 Å². The fraction of sp³-hybridized carbons (Fsp3) is 0.250. The van der Waals surface area contributed by atoms with E-state index in [0.29, 0.717) is 6.54 Å². The van der Waals surface area contributed by atoms with E-state index in [1.807, 2.05) is 6.92 Å². The molecule has 0 bridgehead atoms. The SMILES string of the molecule is CC(NCc1cnc[nH]1)c1ccc([N+](=O)[O-])cc1. The number of hydrogen-bond acceptors (Lipinski definition) is 4. The summed E-state index contributed by atoms with van der Waals surface area (Å²) in [5, 5.41) is 13.9. The molecule has 2 rings (SSSR count). The molecule has 0 aliphatic rings. The number of nitro benzene ring substituents is 1. The Kier molecular flexibility index (Phi) is 3.69. The zero-order valence-corrected chi connectivity index (χ0v) is 9.96. The van der Waals surface area contributed by atoms with Crippen molar-refractivity contribution in [3.63, 3.8) is 0 Å². The fourth-order valence-electron chi connectivity index (χ4n) is 1.65. The Bertz CT molecular complexity index is 507. The number of nitrogens with zero attached hydrogens (tertiary/aromatic N) is 2. The van der Waals surface area contributed by atoms with Crippen LogP contribution in [0.1, 0.15) is 24.2 Å². The Morgan fingerprint density at radius 2 is 2.17 bits per heavy atom. The second-order valence-electron chi connectivity index (χ2n) is 4.03. The van der Waals surface area contributed by atoms with Gasteiger partial charge in [-0.1, -0.05) is 12.1 Å². The Morgan fingerprint density at radius 3 is 2.72 bits per heavy atom. The molecule has 2 N–H and O–H groups in total. The van der Waals surface area contributed by atoms with Gasteiger partial charge in [-0.25, -0.2) is 4.98 Å². The number of H-pyrrole nitrogens is 1.